The third-order valence-corrected chi connectivity index (χ3v) is 2.94. The molecule has 0 fully saturated rings. The Morgan fingerprint density at radius 2 is 1.86 bits per heavy atom. The van der Waals surface area contributed by atoms with Crippen LogP contribution < -0.4 is 21.5 Å². The Morgan fingerprint density at radius 3 is 2.48 bits per heavy atom. The van der Waals surface area contributed by atoms with Gasteiger partial charge in [0, 0.05) is 11.3 Å². The highest BCUT2D eigenvalue weighted by atomic mass is 16.5. The van der Waals surface area contributed by atoms with E-state index in [0.717, 1.165) is 0 Å². The van der Waals surface area contributed by atoms with Gasteiger partial charge < -0.3 is 21.5 Å². The van der Waals surface area contributed by atoms with Gasteiger partial charge in [0.15, 0.2) is 0 Å². The number of para-hydroxylation sites is 1. The molecule has 2 amide bonds. The molecule has 0 aliphatic carbocycles. The highest BCUT2D eigenvalue weighted by molar-refractivity contribution is 6.08. The molecule has 6 nitrogen and oxygen atoms in total. The SMILES string of the molecule is COc1ccc(C(N)=O)cc1NC(=O)c1ccccc1N. The first-order chi connectivity index (χ1) is 10.0. The fraction of sp³-hybridized carbons (Fsp3) is 0.0667. The molecule has 0 aliphatic heterocycles. The Kier molecular flexibility index (Phi) is 4.08. The number of carbonyl (C=O) groups is 2. The number of nitrogens with one attached hydrogen (secondary N) is 1. The Morgan fingerprint density at radius 1 is 1.14 bits per heavy atom. The summed E-state index contributed by atoms with van der Waals surface area (Å²) in [4.78, 5) is 23.4. The molecule has 0 aromatic heterocycles. The quantitative estimate of drug-likeness (QED) is 0.742. The maximum atomic E-state index is 12.2. The molecule has 0 atom stereocenters. The minimum absolute atomic E-state index is 0.270. The molecule has 0 unspecified atom stereocenters. The average Bonchev–Trinajstić information content (AvgIpc) is 2.47. The van der Waals surface area contributed by atoms with Crippen LogP contribution >= 0.6 is 0 Å². The number of hydrogen-bond donors (Lipinski definition) is 3. The lowest BCUT2D eigenvalue weighted by Gasteiger charge is -2.12. The van der Waals surface area contributed by atoms with Crippen LogP contribution in [0.5, 0.6) is 5.75 Å². The molecule has 5 N–H and O–H groups in total. The molecular formula is C15H15N3O3. The first kappa shape index (κ1) is 14.4. The summed E-state index contributed by atoms with van der Waals surface area (Å²) in [6, 6.07) is 11.2. The van der Waals surface area contributed by atoms with Crippen LogP contribution in [0.2, 0.25) is 0 Å². The summed E-state index contributed by atoms with van der Waals surface area (Å²) in [5.74, 6) is -0.566. The molecule has 0 saturated carbocycles. The molecule has 2 rings (SSSR count). The van der Waals surface area contributed by atoms with E-state index in [1.54, 1.807) is 30.3 Å². The number of rotatable bonds is 4. The smallest absolute Gasteiger partial charge is 0.257 e. The number of primary amides is 1. The number of hydrogen-bond acceptors (Lipinski definition) is 4. The number of nitrogens with two attached hydrogens (primary N) is 2. The minimum Gasteiger partial charge on any atom is -0.495 e. The number of methoxy groups -OCH3 is 1. The number of carbonyl (C=O) groups excluding carboxylic acids is 2. The normalized spacial score (nSPS) is 9.95. The van der Waals surface area contributed by atoms with E-state index in [2.05, 4.69) is 5.32 Å². The van der Waals surface area contributed by atoms with Crippen LogP contribution in [0.1, 0.15) is 20.7 Å². The number of benzene rings is 2. The molecule has 0 bridgehead atoms. The van der Waals surface area contributed by atoms with Crippen molar-refractivity contribution in [1.29, 1.82) is 0 Å². The first-order valence-corrected chi connectivity index (χ1v) is 6.16. The molecule has 2 aromatic rings. The second-order valence-corrected chi connectivity index (χ2v) is 4.32. The van der Waals surface area contributed by atoms with E-state index < -0.39 is 11.8 Å². The molecule has 0 spiro atoms. The standard InChI is InChI=1S/C15H15N3O3/c1-21-13-7-6-9(14(17)19)8-12(13)18-15(20)10-4-2-3-5-11(10)16/h2-8H,16H2,1H3,(H2,17,19)(H,18,20). The van der Waals surface area contributed by atoms with Gasteiger partial charge in [-0.3, -0.25) is 9.59 Å². The van der Waals surface area contributed by atoms with Crippen molar-refractivity contribution in [2.24, 2.45) is 5.73 Å². The molecule has 21 heavy (non-hydrogen) atoms. The molecule has 0 aliphatic rings. The van der Waals surface area contributed by atoms with Crippen LogP contribution in [0.25, 0.3) is 0 Å². The van der Waals surface area contributed by atoms with E-state index in [9.17, 15) is 9.59 Å². The number of nitrogen functional groups attached to an aromatic ring is 1. The first-order valence-electron chi connectivity index (χ1n) is 6.16. The Labute approximate surface area is 121 Å². The Balaban J connectivity index is 2.34. The summed E-state index contributed by atoms with van der Waals surface area (Å²) in [6.07, 6.45) is 0. The van der Waals surface area contributed by atoms with Gasteiger partial charge in [-0.05, 0) is 30.3 Å². The van der Waals surface area contributed by atoms with Crippen molar-refractivity contribution < 1.29 is 14.3 Å². The molecule has 0 saturated heterocycles. The fourth-order valence-corrected chi connectivity index (χ4v) is 1.85. The van der Waals surface area contributed by atoms with Gasteiger partial charge in [0.25, 0.3) is 5.91 Å². The van der Waals surface area contributed by atoms with Gasteiger partial charge in [0.05, 0.1) is 18.4 Å². The van der Waals surface area contributed by atoms with Crippen molar-refractivity contribution in [3.63, 3.8) is 0 Å². The molecule has 0 heterocycles. The van der Waals surface area contributed by atoms with Crippen molar-refractivity contribution >= 4 is 23.2 Å². The molecule has 6 heteroatoms. The highest BCUT2D eigenvalue weighted by Gasteiger charge is 2.13. The summed E-state index contributed by atoms with van der Waals surface area (Å²) < 4.78 is 5.15. The van der Waals surface area contributed by atoms with Gasteiger partial charge in [-0.25, -0.2) is 0 Å². The second kappa shape index (κ2) is 5.96. The van der Waals surface area contributed by atoms with Crippen LogP contribution in [0, 0.1) is 0 Å². The molecule has 2 aromatic carbocycles. The van der Waals surface area contributed by atoms with Crippen LogP contribution in [-0.4, -0.2) is 18.9 Å². The van der Waals surface area contributed by atoms with Crippen LogP contribution in [-0.2, 0) is 0 Å². The van der Waals surface area contributed by atoms with Gasteiger partial charge in [-0.2, -0.15) is 0 Å². The number of anilines is 2. The molecular weight excluding hydrogens is 270 g/mol. The van der Waals surface area contributed by atoms with Crippen LogP contribution in [0.3, 0.4) is 0 Å². The van der Waals surface area contributed by atoms with Crippen LogP contribution in [0.15, 0.2) is 42.5 Å². The van der Waals surface area contributed by atoms with E-state index in [4.69, 9.17) is 16.2 Å². The second-order valence-electron chi connectivity index (χ2n) is 4.32. The molecule has 0 radical (unpaired) electrons. The predicted molar refractivity (Wildman–Crippen MR) is 80.3 cm³/mol. The monoisotopic (exact) mass is 285 g/mol. The largest absolute Gasteiger partial charge is 0.495 e. The average molecular weight is 285 g/mol. The maximum Gasteiger partial charge on any atom is 0.257 e. The lowest BCUT2D eigenvalue weighted by Crippen LogP contribution is -2.16. The highest BCUT2D eigenvalue weighted by Crippen LogP contribution is 2.26. The summed E-state index contributed by atoms with van der Waals surface area (Å²) in [6.45, 7) is 0. The van der Waals surface area contributed by atoms with Gasteiger partial charge in [0.1, 0.15) is 5.75 Å². The van der Waals surface area contributed by atoms with E-state index in [0.29, 0.717) is 22.7 Å². The van der Waals surface area contributed by atoms with Crippen molar-refractivity contribution in [2.75, 3.05) is 18.2 Å². The third kappa shape index (κ3) is 3.11. The predicted octanol–water partition coefficient (Wildman–Crippen LogP) is 1.63. The Hall–Kier alpha value is -3.02. The summed E-state index contributed by atoms with van der Waals surface area (Å²) >= 11 is 0. The van der Waals surface area contributed by atoms with E-state index >= 15 is 0 Å². The minimum atomic E-state index is -0.590. The van der Waals surface area contributed by atoms with Gasteiger partial charge in [0.2, 0.25) is 5.91 Å². The number of ether oxygens (including phenoxy) is 1. The van der Waals surface area contributed by atoms with Crippen LogP contribution in [0.4, 0.5) is 11.4 Å². The maximum absolute atomic E-state index is 12.2. The Bertz CT molecular complexity index is 698. The van der Waals surface area contributed by atoms with Crippen molar-refractivity contribution in [1.82, 2.24) is 0 Å². The van der Waals surface area contributed by atoms with Gasteiger partial charge in [-0.15, -0.1) is 0 Å². The zero-order chi connectivity index (χ0) is 15.4. The topological polar surface area (TPSA) is 107 Å². The van der Waals surface area contributed by atoms with E-state index in [1.807, 2.05) is 0 Å². The summed E-state index contributed by atoms with van der Waals surface area (Å²) in [5.41, 5.74) is 12.3. The summed E-state index contributed by atoms with van der Waals surface area (Å²) in [5, 5.41) is 2.66. The lowest BCUT2D eigenvalue weighted by molar-refractivity contribution is 0.0996. The van der Waals surface area contributed by atoms with Gasteiger partial charge >= 0.3 is 0 Å². The zero-order valence-electron chi connectivity index (χ0n) is 11.4. The fourth-order valence-electron chi connectivity index (χ4n) is 1.85. The van der Waals surface area contributed by atoms with Crippen molar-refractivity contribution in [3.05, 3.63) is 53.6 Å². The number of amides is 2. The van der Waals surface area contributed by atoms with Gasteiger partial charge in [-0.1, -0.05) is 12.1 Å². The van der Waals surface area contributed by atoms with E-state index in [1.165, 1.54) is 19.2 Å². The molecule has 108 valence electrons. The third-order valence-electron chi connectivity index (χ3n) is 2.94. The van der Waals surface area contributed by atoms with Crippen molar-refractivity contribution in [3.8, 4) is 5.75 Å². The lowest BCUT2D eigenvalue weighted by atomic mass is 10.1. The zero-order valence-corrected chi connectivity index (χ0v) is 11.4. The van der Waals surface area contributed by atoms with Crippen molar-refractivity contribution in [2.45, 2.75) is 0 Å². The van der Waals surface area contributed by atoms with E-state index in [-0.39, 0.29) is 5.56 Å². The summed E-state index contributed by atoms with van der Waals surface area (Å²) in [7, 11) is 1.46.